The Bertz CT molecular complexity index is 797. The second-order valence-electron chi connectivity index (χ2n) is 5.91. The van der Waals surface area contributed by atoms with Crippen LogP contribution in [0.25, 0.3) is 0 Å². The molecule has 2 aromatic rings. The van der Waals surface area contributed by atoms with E-state index >= 15 is 0 Å². The lowest BCUT2D eigenvalue weighted by molar-refractivity contribution is -0.885. The summed E-state index contributed by atoms with van der Waals surface area (Å²) in [5.74, 6) is -0.462. The molecule has 2 amide bonds. The van der Waals surface area contributed by atoms with Gasteiger partial charge in [-0.1, -0.05) is 34.8 Å². The molecule has 0 spiro atoms. The van der Waals surface area contributed by atoms with Gasteiger partial charge in [0.05, 0.1) is 17.8 Å². The van der Waals surface area contributed by atoms with Crippen LogP contribution < -0.4 is 15.5 Å². The lowest BCUT2D eigenvalue weighted by atomic mass is 10.2. The number of carbonyl (C=O) groups excluding carboxylic acids is 2. The van der Waals surface area contributed by atoms with Gasteiger partial charge >= 0.3 is 0 Å². The fourth-order valence-corrected chi connectivity index (χ4v) is 2.67. The molecule has 8 heteroatoms. The fourth-order valence-electron chi connectivity index (χ4n) is 2.20. The smallest absolute Gasteiger partial charge is 0.282 e. The number of hydrogen-bond acceptors (Lipinski definition) is 2. The summed E-state index contributed by atoms with van der Waals surface area (Å²) in [6.45, 7) is 1.86. The van der Waals surface area contributed by atoms with Gasteiger partial charge in [0.25, 0.3) is 11.8 Å². The van der Waals surface area contributed by atoms with Gasteiger partial charge in [0.1, 0.15) is 0 Å². The summed E-state index contributed by atoms with van der Waals surface area (Å²) in [4.78, 5) is 25.3. The Morgan fingerprint density at radius 1 is 1.00 bits per heavy atom. The quantitative estimate of drug-likeness (QED) is 0.679. The van der Waals surface area contributed by atoms with Crippen LogP contribution in [0.4, 0.5) is 11.4 Å². The average Bonchev–Trinajstić information content (AvgIpc) is 2.59. The summed E-state index contributed by atoms with van der Waals surface area (Å²) in [6, 6.07) is 11.2. The van der Waals surface area contributed by atoms with Crippen molar-refractivity contribution >= 4 is 58.0 Å². The number of quaternary nitrogens is 1. The van der Waals surface area contributed by atoms with Crippen LogP contribution in [-0.2, 0) is 9.59 Å². The summed E-state index contributed by atoms with van der Waals surface area (Å²) in [6.07, 6.45) is 0. The second-order valence-corrected chi connectivity index (χ2v) is 7.19. The van der Waals surface area contributed by atoms with Crippen LogP contribution in [-0.4, -0.2) is 31.4 Å². The van der Waals surface area contributed by atoms with E-state index in [1.165, 1.54) is 0 Å². The molecule has 0 saturated heterocycles. The number of likely N-dealkylation sites (N-methyl/N-ethyl adjacent to an activating group) is 1. The summed E-state index contributed by atoms with van der Waals surface area (Å²) in [5, 5.41) is 6.97. The number of hydrogen-bond donors (Lipinski definition) is 3. The number of rotatable bonds is 6. The standard InChI is InChI=1S/C18H18Cl3N3O2/c1-11(18(26)23-16-9-13(20)5-8-15(16)21)24(2)10-17(25)22-14-6-3-12(19)4-7-14/h3-9,11H,10H2,1-2H3,(H,22,25)(H,23,26)/p+1/t11-/m1/s1. The Kier molecular flexibility index (Phi) is 7.29. The fraction of sp³-hybridized carbons (Fsp3) is 0.222. The van der Waals surface area contributed by atoms with E-state index in [4.69, 9.17) is 34.8 Å². The van der Waals surface area contributed by atoms with Crippen molar-refractivity contribution in [2.24, 2.45) is 0 Å². The normalized spacial score (nSPS) is 13.0. The highest BCUT2D eigenvalue weighted by molar-refractivity contribution is 6.35. The van der Waals surface area contributed by atoms with Crippen LogP contribution in [0.1, 0.15) is 6.92 Å². The van der Waals surface area contributed by atoms with E-state index in [1.807, 2.05) is 0 Å². The van der Waals surface area contributed by atoms with Crippen LogP contribution >= 0.6 is 34.8 Å². The SMILES string of the molecule is C[C@H](C(=O)Nc1cc(Cl)ccc1Cl)[NH+](C)CC(=O)Nc1ccc(Cl)cc1. The van der Waals surface area contributed by atoms with Crippen molar-refractivity contribution in [1.82, 2.24) is 0 Å². The van der Waals surface area contributed by atoms with Crippen molar-refractivity contribution in [2.75, 3.05) is 24.2 Å². The highest BCUT2D eigenvalue weighted by atomic mass is 35.5. The van der Waals surface area contributed by atoms with E-state index in [1.54, 1.807) is 56.4 Å². The lowest BCUT2D eigenvalue weighted by Crippen LogP contribution is -3.14. The van der Waals surface area contributed by atoms with Gasteiger partial charge < -0.3 is 15.5 Å². The van der Waals surface area contributed by atoms with Gasteiger partial charge in [-0.25, -0.2) is 0 Å². The first-order valence-corrected chi connectivity index (χ1v) is 9.03. The summed E-state index contributed by atoms with van der Waals surface area (Å²) in [7, 11) is 1.77. The molecule has 2 aromatic carbocycles. The number of nitrogens with one attached hydrogen (secondary N) is 3. The third-order valence-corrected chi connectivity index (χ3v) is 4.70. The van der Waals surface area contributed by atoms with Crippen molar-refractivity contribution in [3.8, 4) is 0 Å². The van der Waals surface area contributed by atoms with Crippen LogP contribution in [0.15, 0.2) is 42.5 Å². The molecule has 2 rings (SSSR count). The van der Waals surface area contributed by atoms with E-state index in [0.29, 0.717) is 26.4 Å². The molecule has 0 aromatic heterocycles. The Balaban J connectivity index is 1.92. The van der Waals surface area contributed by atoms with Crippen LogP contribution in [0.2, 0.25) is 15.1 Å². The van der Waals surface area contributed by atoms with E-state index in [2.05, 4.69) is 10.6 Å². The Morgan fingerprint density at radius 3 is 2.27 bits per heavy atom. The number of benzene rings is 2. The molecule has 0 saturated carbocycles. The molecular weight excluding hydrogens is 397 g/mol. The molecule has 0 aliphatic rings. The third-order valence-electron chi connectivity index (χ3n) is 3.89. The van der Waals surface area contributed by atoms with Crippen molar-refractivity contribution in [3.63, 3.8) is 0 Å². The minimum atomic E-state index is -0.471. The van der Waals surface area contributed by atoms with E-state index in [-0.39, 0.29) is 18.4 Å². The molecular formula is C18H19Cl3N3O2+. The van der Waals surface area contributed by atoms with Gasteiger partial charge in [0.15, 0.2) is 12.6 Å². The molecule has 0 fully saturated rings. The van der Waals surface area contributed by atoms with Crippen molar-refractivity contribution < 1.29 is 14.5 Å². The van der Waals surface area contributed by atoms with Crippen LogP contribution in [0.3, 0.4) is 0 Å². The topological polar surface area (TPSA) is 62.6 Å². The first-order chi connectivity index (χ1) is 12.3. The van der Waals surface area contributed by atoms with Crippen molar-refractivity contribution in [3.05, 3.63) is 57.5 Å². The van der Waals surface area contributed by atoms with Crippen molar-refractivity contribution in [1.29, 1.82) is 0 Å². The monoisotopic (exact) mass is 414 g/mol. The van der Waals surface area contributed by atoms with Crippen molar-refractivity contribution in [2.45, 2.75) is 13.0 Å². The maximum Gasteiger partial charge on any atom is 0.282 e. The lowest BCUT2D eigenvalue weighted by Gasteiger charge is -2.21. The van der Waals surface area contributed by atoms with Gasteiger partial charge in [0, 0.05) is 15.7 Å². The zero-order chi connectivity index (χ0) is 19.3. The average molecular weight is 416 g/mol. The predicted octanol–water partition coefficient (Wildman–Crippen LogP) is 3.13. The Labute approximate surface area is 167 Å². The molecule has 0 aliphatic heterocycles. The molecule has 5 nitrogen and oxygen atoms in total. The van der Waals surface area contributed by atoms with Crippen LogP contribution in [0, 0.1) is 0 Å². The molecule has 2 atom stereocenters. The molecule has 0 heterocycles. The zero-order valence-corrected chi connectivity index (χ0v) is 16.5. The Morgan fingerprint density at radius 2 is 1.62 bits per heavy atom. The molecule has 0 aliphatic carbocycles. The van der Waals surface area contributed by atoms with Gasteiger partial charge in [-0.15, -0.1) is 0 Å². The summed E-state index contributed by atoms with van der Waals surface area (Å²) < 4.78 is 0. The molecule has 26 heavy (non-hydrogen) atoms. The maximum atomic E-state index is 12.4. The molecule has 1 unspecified atom stereocenters. The molecule has 0 radical (unpaired) electrons. The maximum absolute atomic E-state index is 12.4. The second kappa shape index (κ2) is 9.24. The van der Waals surface area contributed by atoms with Gasteiger partial charge in [-0.2, -0.15) is 0 Å². The Hall–Kier alpha value is -1.79. The van der Waals surface area contributed by atoms with Crippen LogP contribution in [0.5, 0.6) is 0 Å². The number of amides is 2. The zero-order valence-electron chi connectivity index (χ0n) is 14.3. The highest BCUT2D eigenvalue weighted by Gasteiger charge is 2.24. The van der Waals surface area contributed by atoms with Gasteiger partial charge in [0.2, 0.25) is 0 Å². The largest absolute Gasteiger partial charge is 0.321 e. The third kappa shape index (κ3) is 5.88. The number of anilines is 2. The number of halogens is 3. The molecule has 0 bridgehead atoms. The van der Waals surface area contributed by atoms with E-state index in [9.17, 15) is 9.59 Å². The first kappa shape index (κ1) is 20.5. The van der Waals surface area contributed by atoms with Gasteiger partial charge in [-0.3, -0.25) is 9.59 Å². The summed E-state index contributed by atoms with van der Waals surface area (Å²) >= 11 is 17.8. The van der Waals surface area contributed by atoms with E-state index in [0.717, 1.165) is 4.90 Å². The minimum Gasteiger partial charge on any atom is -0.321 e. The van der Waals surface area contributed by atoms with E-state index < -0.39 is 6.04 Å². The predicted molar refractivity (Wildman–Crippen MR) is 106 cm³/mol. The molecule has 138 valence electrons. The van der Waals surface area contributed by atoms with Gasteiger partial charge in [-0.05, 0) is 49.4 Å². The first-order valence-electron chi connectivity index (χ1n) is 7.90. The minimum absolute atomic E-state index is 0.125. The highest BCUT2D eigenvalue weighted by Crippen LogP contribution is 2.25. The summed E-state index contributed by atoms with van der Waals surface area (Å²) in [5.41, 5.74) is 1.09. The molecule has 3 N–H and O–H groups in total. The number of carbonyl (C=O) groups is 2.